The van der Waals surface area contributed by atoms with Crippen molar-refractivity contribution in [2.75, 3.05) is 14.2 Å². The van der Waals surface area contributed by atoms with Crippen LogP contribution in [0.2, 0.25) is 0 Å². The largest absolute Gasteiger partial charge is 0.496 e. The fourth-order valence-electron chi connectivity index (χ4n) is 2.81. The first-order valence-corrected chi connectivity index (χ1v) is 8.13. The summed E-state index contributed by atoms with van der Waals surface area (Å²) in [7, 11) is 2.80. The van der Waals surface area contributed by atoms with Gasteiger partial charge in [0, 0.05) is 24.5 Å². The number of ether oxygens (including phenoxy) is 2. The number of carbonyl (C=O) groups excluding carboxylic acids is 2. The number of aryl methyl sites for hydroxylation is 1. The fraction of sp³-hybridized carbons (Fsp3) is 0.200. The summed E-state index contributed by atoms with van der Waals surface area (Å²) in [5, 5.41) is 2.86. The van der Waals surface area contributed by atoms with E-state index >= 15 is 0 Å². The molecule has 0 spiro atoms. The highest BCUT2D eigenvalue weighted by molar-refractivity contribution is 5.94. The fourth-order valence-corrected chi connectivity index (χ4v) is 2.81. The predicted octanol–water partition coefficient (Wildman–Crippen LogP) is 2.97. The normalized spacial score (nSPS) is 10.6. The van der Waals surface area contributed by atoms with Crippen molar-refractivity contribution in [3.8, 4) is 5.75 Å². The molecule has 2 aromatic heterocycles. The van der Waals surface area contributed by atoms with Gasteiger partial charge in [0.15, 0.2) is 0 Å². The molecular weight excluding hydrogens is 332 g/mol. The second kappa shape index (κ2) is 7.31. The molecular formula is C20H20N2O4. The Morgan fingerprint density at radius 2 is 1.88 bits per heavy atom. The number of aromatic nitrogens is 1. The zero-order valence-electron chi connectivity index (χ0n) is 14.9. The third kappa shape index (κ3) is 3.54. The van der Waals surface area contributed by atoms with Gasteiger partial charge in [-0.3, -0.25) is 4.79 Å². The van der Waals surface area contributed by atoms with Gasteiger partial charge in [-0.2, -0.15) is 0 Å². The van der Waals surface area contributed by atoms with Gasteiger partial charge < -0.3 is 19.2 Å². The van der Waals surface area contributed by atoms with E-state index in [-0.39, 0.29) is 12.5 Å². The first-order chi connectivity index (χ1) is 12.5. The van der Waals surface area contributed by atoms with Gasteiger partial charge in [-0.25, -0.2) is 4.79 Å². The van der Waals surface area contributed by atoms with Crippen LogP contribution in [0.25, 0.3) is 5.52 Å². The van der Waals surface area contributed by atoms with E-state index in [1.165, 1.54) is 14.2 Å². The summed E-state index contributed by atoms with van der Waals surface area (Å²) >= 11 is 0. The van der Waals surface area contributed by atoms with Crippen LogP contribution in [0.15, 0.2) is 48.8 Å². The molecule has 0 radical (unpaired) electrons. The number of pyridine rings is 1. The smallest absolute Gasteiger partial charge is 0.341 e. The van der Waals surface area contributed by atoms with Crippen molar-refractivity contribution < 1.29 is 19.1 Å². The Kier molecular flexibility index (Phi) is 4.93. The standard InChI is InChI=1S/C20H20N2O4/c1-13-8-16-6-5-15(12-22(16)11-13)19(23)21-10-14-4-7-18(25-2)17(9-14)20(24)26-3/h4-9,11-12H,10H2,1-3H3,(H,21,23). The molecule has 0 unspecified atom stereocenters. The lowest BCUT2D eigenvalue weighted by atomic mass is 10.1. The first-order valence-electron chi connectivity index (χ1n) is 8.13. The molecule has 2 heterocycles. The summed E-state index contributed by atoms with van der Waals surface area (Å²) < 4.78 is 11.9. The molecule has 3 aromatic rings. The summed E-state index contributed by atoms with van der Waals surface area (Å²) in [6.45, 7) is 2.30. The number of carbonyl (C=O) groups is 2. The zero-order valence-corrected chi connectivity index (χ0v) is 14.9. The number of methoxy groups -OCH3 is 2. The average molecular weight is 352 g/mol. The number of benzene rings is 1. The van der Waals surface area contributed by atoms with E-state index in [1.54, 1.807) is 30.5 Å². The van der Waals surface area contributed by atoms with E-state index < -0.39 is 5.97 Å². The average Bonchev–Trinajstić information content (AvgIpc) is 3.04. The number of esters is 1. The van der Waals surface area contributed by atoms with Crippen molar-refractivity contribution in [1.29, 1.82) is 0 Å². The second-order valence-corrected chi connectivity index (χ2v) is 5.98. The minimum absolute atomic E-state index is 0.186. The summed E-state index contributed by atoms with van der Waals surface area (Å²) in [6, 6.07) is 10.9. The second-order valence-electron chi connectivity index (χ2n) is 5.98. The van der Waals surface area contributed by atoms with Gasteiger partial charge in [-0.1, -0.05) is 6.07 Å². The minimum Gasteiger partial charge on any atom is -0.496 e. The SMILES string of the molecule is COC(=O)c1cc(CNC(=O)c2ccc3cc(C)cn3c2)ccc1OC. The molecule has 6 heteroatoms. The minimum atomic E-state index is -0.483. The highest BCUT2D eigenvalue weighted by Gasteiger charge is 2.14. The lowest BCUT2D eigenvalue weighted by molar-refractivity contribution is 0.0597. The van der Waals surface area contributed by atoms with Crippen molar-refractivity contribution >= 4 is 17.4 Å². The molecule has 1 aromatic carbocycles. The Hall–Kier alpha value is -3.28. The van der Waals surface area contributed by atoms with E-state index in [0.29, 0.717) is 16.9 Å². The Morgan fingerprint density at radius 1 is 1.08 bits per heavy atom. The van der Waals surface area contributed by atoms with E-state index in [2.05, 4.69) is 5.32 Å². The lowest BCUT2D eigenvalue weighted by Crippen LogP contribution is -2.23. The van der Waals surface area contributed by atoms with E-state index in [9.17, 15) is 9.59 Å². The number of fused-ring (bicyclic) bond motifs is 1. The van der Waals surface area contributed by atoms with E-state index in [1.807, 2.05) is 29.7 Å². The molecule has 0 saturated carbocycles. The zero-order chi connectivity index (χ0) is 18.7. The Labute approximate surface area is 151 Å². The summed E-state index contributed by atoms with van der Waals surface area (Å²) in [5.41, 5.74) is 3.84. The van der Waals surface area contributed by atoms with Crippen molar-refractivity contribution in [2.45, 2.75) is 13.5 Å². The van der Waals surface area contributed by atoms with Crippen LogP contribution in [0.4, 0.5) is 0 Å². The maximum absolute atomic E-state index is 12.4. The number of amides is 1. The van der Waals surface area contributed by atoms with E-state index in [0.717, 1.165) is 16.6 Å². The third-order valence-electron chi connectivity index (χ3n) is 4.11. The Balaban J connectivity index is 1.74. The molecule has 3 rings (SSSR count). The molecule has 134 valence electrons. The molecule has 0 saturated heterocycles. The molecule has 0 atom stereocenters. The van der Waals surface area contributed by atoms with Crippen LogP contribution in [-0.2, 0) is 11.3 Å². The van der Waals surface area contributed by atoms with Crippen LogP contribution in [0, 0.1) is 6.92 Å². The van der Waals surface area contributed by atoms with Gasteiger partial charge in [-0.05, 0) is 48.4 Å². The Bertz CT molecular complexity index is 975. The van der Waals surface area contributed by atoms with Gasteiger partial charge in [0.2, 0.25) is 0 Å². The Morgan fingerprint density at radius 3 is 2.62 bits per heavy atom. The van der Waals surface area contributed by atoms with Crippen LogP contribution < -0.4 is 10.1 Å². The van der Waals surface area contributed by atoms with Crippen molar-refractivity contribution in [1.82, 2.24) is 9.72 Å². The van der Waals surface area contributed by atoms with Crippen molar-refractivity contribution in [3.05, 3.63) is 71.0 Å². The number of hydrogen-bond donors (Lipinski definition) is 1. The van der Waals surface area contributed by atoms with Gasteiger partial charge in [-0.15, -0.1) is 0 Å². The highest BCUT2D eigenvalue weighted by atomic mass is 16.5. The number of rotatable bonds is 5. The summed E-state index contributed by atoms with van der Waals surface area (Å²) in [4.78, 5) is 24.3. The molecule has 6 nitrogen and oxygen atoms in total. The molecule has 26 heavy (non-hydrogen) atoms. The molecule has 1 N–H and O–H groups in total. The summed E-state index contributed by atoms with van der Waals surface area (Å²) in [5.74, 6) is -0.238. The monoisotopic (exact) mass is 352 g/mol. The molecule has 1 amide bonds. The first kappa shape index (κ1) is 17.5. The van der Waals surface area contributed by atoms with Crippen LogP contribution in [0.5, 0.6) is 5.75 Å². The predicted molar refractivity (Wildman–Crippen MR) is 97.6 cm³/mol. The molecule has 0 aliphatic heterocycles. The van der Waals surface area contributed by atoms with Crippen molar-refractivity contribution in [3.63, 3.8) is 0 Å². The van der Waals surface area contributed by atoms with Crippen LogP contribution >= 0.6 is 0 Å². The molecule has 0 fully saturated rings. The molecule has 0 aliphatic rings. The van der Waals surface area contributed by atoms with Crippen LogP contribution in [-0.4, -0.2) is 30.5 Å². The maximum Gasteiger partial charge on any atom is 0.341 e. The van der Waals surface area contributed by atoms with Crippen molar-refractivity contribution in [2.24, 2.45) is 0 Å². The van der Waals surface area contributed by atoms with Gasteiger partial charge in [0.05, 0.1) is 19.8 Å². The number of hydrogen-bond acceptors (Lipinski definition) is 4. The van der Waals surface area contributed by atoms with Gasteiger partial charge >= 0.3 is 5.97 Å². The topological polar surface area (TPSA) is 69.0 Å². The quantitative estimate of drug-likeness (QED) is 0.717. The number of nitrogens with zero attached hydrogens (tertiary/aromatic N) is 1. The number of nitrogens with one attached hydrogen (secondary N) is 1. The van der Waals surface area contributed by atoms with Gasteiger partial charge in [0.1, 0.15) is 11.3 Å². The lowest BCUT2D eigenvalue weighted by Gasteiger charge is -2.10. The summed E-state index contributed by atoms with van der Waals surface area (Å²) in [6.07, 6.45) is 3.77. The maximum atomic E-state index is 12.4. The molecule has 0 bridgehead atoms. The van der Waals surface area contributed by atoms with E-state index in [4.69, 9.17) is 9.47 Å². The van der Waals surface area contributed by atoms with Gasteiger partial charge in [0.25, 0.3) is 5.91 Å². The van der Waals surface area contributed by atoms with Crippen LogP contribution in [0.3, 0.4) is 0 Å². The molecule has 0 aliphatic carbocycles. The van der Waals surface area contributed by atoms with Crippen LogP contribution in [0.1, 0.15) is 31.8 Å². The third-order valence-corrected chi connectivity index (χ3v) is 4.11. The highest BCUT2D eigenvalue weighted by Crippen LogP contribution is 2.21.